The van der Waals surface area contributed by atoms with E-state index < -0.39 is 5.82 Å². The quantitative estimate of drug-likeness (QED) is 0.547. The molecule has 4 rings (SSSR count). The second kappa shape index (κ2) is 6.24. The van der Waals surface area contributed by atoms with E-state index in [0.29, 0.717) is 28.3 Å². The second-order valence-electron chi connectivity index (χ2n) is 5.62. The Morgan fingerprint density at radius 1 is 0.760 bits per heavy atom. The lowest BCUT2D eigenvalue weighted by molar-refractivity contribution is 0.566. The first-order valence-electron chi connectivity index (χ1n) is 7.89. The summed E-state index contributed by atoms with van der Waals surface area (Å²) in [6.45, 7) is 0. The van der Waals surface area contributed by atoms with Crippen molar-refractivity contribution in [2.24, 2.45) is 0 Å². The van der Waals surface area contributed by atoms with Crippen LogP contribution in [0.3, 0.4) is 0 Å². The van der Waals surface area contributed by atoms with Gasteiger partial charge in [0.25, 0.3) is 0 Å². The van der Waals surface area contributed by atoms with Crippen LogP contribution in [-0.2, 0) is 0 Å². The third kappa shape index (κ3) is 2.68. The summed E-state index contributed by atoms with van der Waals surface area (Å²) in [5, 5.41) is 0. The average Bonchev–Trinajstić information content (AvgIpc) is 3.18. The van der Waals surface area contributed by atoms with Gasteiger partial charge < -0.3 is 10.2 Å². The van der Waals surface area contributed by atoms with Crippen molar-refractivity contribution >= 4 is 5.69 Å². The van der Waals surface area contributed by atoms with E-state index in [0.717, 1.165) is 5.56 Å². The Hall–Kier alpha value is -3.40. The Kier molecular flexibility index (Phi) is 3.78. The number of pyridine rings is 1. The SMILES string of the molecule is Nc1c(-c2ccccc2)nc(-c2ccco2)c(F)c1-c1ccccc1. The highest BCUT2D eigenvalue weighted by atomic mass is 19.1. The summed E-state index contributed by atoms with van der Waals surface area (Å²) >= 11 is 0. The summed E-state index contributed by atoms with van der Waals surface area (Å²) in [5.74, 6) is -0.120. The molecule has 0 atom stereocenters. The fraction of sp³-hybridized carbons (Fsp3) is 0. The maximum Gasteiger partial charge on any atom is 0.162 e. The number of hydrogen-bond acceptors (Lipinski definition) is 3. The molecule has 0 aliphatic carbocycles. The number of benzene rings is 2. The molecule has 2 aromatic carbocycles. The summed E-state index contributed by atoms with van der Waals surface area (Å²) in [6.07, 6.45) is 1.50. The van der Waals surface area contributed by atoms with Gasteiger partial charge in [0.1, 0.15) is 5.69 Å². The standard InChI is InChI=1S/C21H15FN2O/c22-18-17(14-8-3-1-4-9-14)19(23)20(15-10-5-2-6-11-15)24-21(18)16-12-7-13-25-16/h1-13H,23H2. The normalized spacial score (nSPS) is 10.8. The first kappa shape index (κ1) is 15.1. The van der Waals surface area contributed by atoms with E-state index in [2.05, 4.69) is 4.98 Å². The van der Waals surface area contributed by atoms with Gasteiger partial charge in [0.2, 0.25) is 0 Å². The third-order valence-corrected chi connectivity index (χ3v) is 4.04. The van der Waals surface area contributed by atoms with E-state index in [9.17, 15) is 0 Å². The van der Waals surface area contributed by atoms with Crippen LogP contribution in [0.4, 0.5) is 10.1 Å². The maximum atomic E-state index is 15.3. The van der Waals surface area contributed by atoms with Crippen LogP contribution in [0.5, 0.6) is 0 Å². The highest BCUT2D eigenvalue weighted by molar-refractivity contribution is 5.89. The van der Waals surface area contributed by atoms with Crippen molar-refractivity contribution in [2.45, 2.75) is 0 Å². The summed E-state index contributed by atoms with van der Waals surface area (Å²) in [4.78, 5) is 4.48. The maximum absolute atomic E-state index is 15.3. The van der Waals surface area contributed by atoms with Crippen molar-refractivity contribution in [3.05, 3.63) is 84.9 Å². The molecule has 0 saturated heterocycles. The molecule has 0 bridgehead atoms. The lowest BCUT2D eigenvalue weighted by atomic mass is 9.98. The molecule has 122 valence electrons. The Labute approximate surface area is 144 Å². The predicted molar refractivity (Wildman–Crippen MR) is 97.2 cm³/mol. The number of nitrogen functional groups attached to an aromatic ring is 1. The Morgan fingerprint density at radius 2 is 1.40 bits per heavy atom. The molecule has 0 fully saturated rings. The third-order valence-electron chi connectivity index (χ3n) is 4.04. The molecule has 3 nitrogen and oxygen atoms in total. The molecule has 0 amide bonds. The molecule has 0 aliphatic heterocycles. The monoisotopic (exact) mass is 330 g/mol. The molecule has 2 aromatic heterocycles. The fourth-order valence-electron chi connectivity index (χ4n) is 2.86. The molecule has 0 unspecified atom stereocenters. The predicted octanol–water partition coefficient (Wildman–Crippen LogP) is 5.40. The van der Waals surface area contributed by atoms with Crippen LogP contribution in [0, 0.1) is 5.82 Å². The molecular weight excluding hydrogens is 315 g/mol. The molecule has 0 spiro atoms. The number of nitrogens with zero attached hydrogens (tertiary/aromatic N) is 1. The molecule has 2 N–H and O–H groups in total. The minimum Gasteiger partial charge on any atom is -0.463 e. The lowest BCUT2D eigenvalue weighted by Gasteiger charge is -2.15. The molecule has 2 heterocycles. The first-order valence-corrected chi connectivity index (χ1v) is 7.89. The van der Waals surface area contributed by atoms with Crippen molar-refractivity contribution in [1.82, 2.24) is 4.98 Å². The number of anilines is 1. The number of hydrogen-bond donors (Lipinski definition) is 1. The minimum absolute atomic E-state index is 0.150. The molecular formula is C21H15FN2O. The largest absolute Gasteiger partial charge is 0.463 e. The molecule has 4 aromatic rings. The minimum atomic E-state index is -0.488. The van der Waals surface area contributed by atoms with Crippen molar-refractivity contribution in [3.63, 3.8) is 0 Å². The van der Waals surface area contributed by atoms with Crippen LogP contribution in [0.2, 0.25) is 0 Å². The topological polar surface area (TPSA) is 52.0 Å². The molecule has 4 heteroatoms. The number of rotatable bonds is 3. The number of halogens is 1. The smallest absolute Gasteiger partial charge is 0.162 e. The molecule has 0 saturated carbocycles. The van der Waals surface area contributed by atoms with Gasteiger partial charge in [0.15, 0.2) is 11.6 Å². The Balaban J connectivity index is 2.05. The zero-order chi connectivity index (χ0) is 17.2. The van der Waals surface area contributed by atoms with E-state index >= 15 is 4.39 Å². The summed E-state index contributed by atoms with van der Waals surface area (Å²) in [6, 6.07) is 22.1. The van der Waals surface area contributed by atoms with Gasteiger partial charge in [0, 0.05) is 11.1 Å². The van der Waals surface area contributed by atoms with Gasteiger partial charge >= 0.3 is 0 Å². The number of furan rings is 1. The van der Waals surface area contributed by atoms with E-state index in [1.54, 1.807) is 12.1 Å². The van der Waals surface area contributed by atoms with Gasteiger partial charge in [0.05, 0.1) is 17.6 Å². The van der Waals surface area contributed by atoms with Crippen LogP contribution in [0.15, 0.2) is 83.5 Å². The Morgan fingerprint density at radius 3 is 2.00 bits per heavy atom. The number of nitrogens with two attached hydrogens (primary N) is 1. The first-order chi connectivity index (χ1) is 12.3. The van der Waals surface area contributed by atoms with Crippen LogP contribution >= 0.6 is 0 Å². The second-order valence-corrected chi connectivity index (χ2v) is 5.62. The van der Waals surface area contributed by atoms with Gasteiger partial charge in [-0.15, -0.1) is 0 Å². The average molecular weight is 330 g/mol. The fourth-order valence-corrected chi connectivity index (χ4v) is 2.86. The van der Waals surface area contributed by atoms with Crippen LogP contribution in [0.1, 0.15) is 0 Å². The van der Waals surface area contributed by atoms with Crippen LogP contribution in [0.25, 0.3) is 33.8 Å². The van der Waals surface area contributed by atoms with Gasteiger partial charge in [-0.25, -0.2) is 9.37 Å². The van der Waals surface area contributed by atoms with Gasteiger partial charge in [-0.1, -0.05) is 60.7 Å². The van der Waals surface area contributed by atoms with Crippen LogP contribution < -0.4 is 5.73 Å². The highest BCUT2D eigenvalue weighted by Gasteiger charge is 2.22. The molecule has 25 heavy (non-hydrogen) atoms. The van der Waals surface area contributed by atoms with Gasteiger partial charge in [-0.2, -0.15) is 0 Å². The van der Waals surface area contributed by atoms with Gasteiger partial charge in [-0.3, -0.25) is 0 Å². The van der Waals surface area contributed by atoms with Gasteiger partial charge in [-0.05, 0) is 17.7 Å². The van der Waals surface area contributed by atoms with Crippen molar-refractivity contribution in [3.8, 4) is 33.8 Å². The zero-order valence-corrected chi connectivity index (χ0v) is 13.3. The molecule has 0 aliphatic rings. The van der Waals surface area contributed by atoms with Crippen LogP contribution in [-0.4, -0.2) is 4.98 Å². The summed E-state index contributed by atoms with van der Waals surface area (Å²) in [7, 11) is 0. The molecule has 0 radical (unpaired) electrons. The number of aromatic nitrogens is 1. The Bertz CT molecular complexity index is 997. The lowest BCUT2D eigenvalue weighted by Crippen LogP contribution is -2.03. The van der Waals surface area contributed by atoms with E-state index in [4.69, 9.17) is 10.2 Å². The van der Waals surface area contributed by atoms with Crippen molar-refractivity contribution in [2.75, 3.05) is 5.73 Å². The van der Waals surface area contributed by atoms with E-state index in [1.165, 1.54) is 6.26 Å². The van der Waals surface area contributed by atoms with Crippen molar-refractivity contribution in [1.29, 1.82) is 0 Å². The summed E-state index contributed by atoms with van der Waals surface area (Å²) < 4.78 is 20.7. The van der Waals surface area contributed by atoms with Crippen molar-refractivity contribution < 1.29 is 8.81 Å². The summed E-state index contributed by atoms with van der Waals surface area (Å²) in [5.41, 5.74) is 9.19. The van der Waals surface area contributed by atoms with E-state index in [1.807, 2.05) is 60.7 Å². The van der Waals surface area contributed by atoms with E-state index in [-0.39, 0.29) is 5.69 Å². The zero-order valence-electron chi connectivity index (χ0n) is 13.3. The highest BCUT2D eigenvalue weighted by Crippen LogP contribution is 2.39.